The van der Waals surface area contributed by atoms with E-state index in [4.69, 9.17) is 0 Å². The van der Waals surface area contributed by atoms with Crippen molar-refractivity contribution in [3.05, 3.63) is 60.7 Å². The maximum Gasteiger partial charge on any atom is 0.144 e. The van der Waals surface area contributed by atoms with Crippen molar-refractivity contribution in [3.8, 4) is 11.4 Å². The van der Waals surface area contributed by atoms with Gasteiger partial charge < -0.3 is 4.57 Å². The highest BCUT2D eigenvalue weighted by molar-refractivity contribution is 7.99. The highest BCUT2D eigenvalue weighted by Crippen LogP contribution is 2.30. The number of hydrogen-bond donors (Lipinski definition) is 0. The lowest BCUT2D eigenvalue weighted by Gasteiger charge is -2.08. The molecule has 0 unspecified atom stereocenters. The number of allylic oxidation sites excluding steroid dienone is 1. The Balaban J connectivity index is 2.18. The van der Waals surface area contributed by atoms with E-state index in [2.05, 4.69) is 18.5 Å². The number of imidazole rings is 1. The Morgan fingerprint density at radius 3 is 2.79 bits per heavy atom. The highest BCUT2D eigenvalue weighted by atomic mass is 32.2. The first-order chi connectivity index (χ1) is 11.6. The van der Waals surface area contributed by atoms with Crippen LogP contribution in [0.1, 0.15) is 13.3 Å². The van der Waals surface area contributed by atoms with Crippen molar-refractivity contribution in [1.29, 1.82) is 0 Å². The van der Waals surface area contributed by atoms with Gasteiger partial charge in [0, 0.05) is 11.4 Å². The second-order valence-corrected chi connectivity index (χ2v) is 6.63. The number of nitrogens with zero attached hydrogens (tertiary/aromatic N) is 2. The summed E-state index contributed by atoms with van der Waals surface area (Å²) in [6.45, 7) is 6.38. The molecule has 2 aromatic carbocycles. The molecule has 2 nitrogen and oxygen atoms in total. The zero-order valence-corrected chi connectivity index (χ0v) is 14.2. The SMILES string of the molecule is C=CCn1c(-c2cc(F)ccc2F)nc2ccc(SCCC)cc21. The summed E-state index contributed by atoms with van der Waals surface area (Å²) in [6, 6.07) is 9.41. The molecule has 1 aromatic heterocycles. The maximum atomic E-state index is 14.2. The van der Waals surface area contributed by atoms with Gasteiger partial charge in [-0.3, -0.25) is 0 Å². The van der Waals surface area contributed by atoms with Gasteiger partial charge in [-0.1, -0.05) is 13.0 Å². The molecule has 0 radical (unpaired) electrons. The molecule has 24 heavy (non-hydrogen) atoms. The van der Waals surface area contributed by atoms with Crippen LogP contribution in [0.25, 0.3) is 22.4 Å². The van der Waals surface area contributed by atoms with Gasteiger partial charge in [-0.2, -0.15) is 0 Å². The minimum atomic E-state index is -0.488. The van der Waals surface area contributed by atoms with Crippen LogP contribution in [-0.2, 0) is 6.54 Å². The number of rotatable bonds is 6. The Labute approximate surface area is 144 Å². The molecule has 1 heterocycles. The molecule has 0 spiro atoms. The average Bonchev–Trinajstić information content (AvgIpc) is 2.93. The average molecular weight is 344 g/mol. The van der Waals surface area contributed by atoms with Crippen LogP contribution in [0.2, 0.25) is 0 Å². The van der Waals surface area contributed by atoms with Gasteiger partial charge in [-0.05, 0) is 48.6 Å². The lowest BCUT2D eigenvalue weighted by Crippen LogP contribution is -2.00. The maximum absolute atomic E-state index is 14.2. The topological polar surface area (TPSA) is 17.8 Å². The van der Waals surface area contributed by atoms with Crippen molar-refractivity contribution in [2.24, 2.45) is 0 Å². The normalized spacial score (nSPS) is 11.1. The van der Waals surface area contributed by atoms with E-state index in [1.54, 1.807) is 17.8 Å². The minimum Gasteiger partial charge on any atom is -0.320 e. The van der Waals surface area contributed by atoms with Crippen molar-refractivity contribution >= 4 is 22.8 Å². The summed E-state index contributed by atoms with van der Waals surface area (Å²) < 4.78 is 29.7. The number of fused-ring (bicyclic) bond motifs is 1. The Morgan fingerprint density at radius 1 is 1.21 bits per heavy atom. The number of benzene rings is 2. The van der Waals surface area contributed by atoms with Crippen LogP contribution >= 0.6 is 11.8 Å². The van der Waals surface area contributed by atoms with E-state index >= 15 is 0 Å². The summed E-state index contributed by atoms with van der Waals surface area (Å²) in [5.74, 6) is 0.479. The Hall–Kier alpha value is -2.14. The zero-order valence-electron chi connectivity index (χ0n) is 13.4. The predicted molar refractivity (Wildman–Crippen MR) is 96.3 cm³/mol. The van der Waals surface area contributed by atoms with Gasteiger partial charge in [0.1, 0.15) is 17.5 Å². The van der Waals surface area contributed by atoms with Crippen LogP contribution in [0.5, 0.6) is 0 Å². The number of halogens is 2. The van der Waals surface area contributed by atoms with Crippen LogP contribution in [0.4, 0.5) is 8.78 Å². The number of hydrogen-bond acceptors (Lipinski definition) is 2. The Morgan fingerprint density at radius 2 is 2.04 bits per heavy atom. The van der Waals surface area contributed by atoms with E-state index in [9.17, 15) is 8.78 Å². The van der Waals surface area contributed by atoms with Crippen molar-refractivity contribution in [3.63, 3.8) is 0 Å². The summed E-state index contributed by atoms with van der Waals surface area (Å²) >= 11 is 1.77. The summed E-state index contributed by atoms with van der Waals surface area (Å²) in [4.78, 5) is 5.66. The first-order valence-electron chi connectivity index (χ1n) is 7.83. The van der Waals surface area contributed by atoms with E-state index in [1.807, 2.05) is 22.8 Å². The third-order valence-corrected chi connectivity index (χ3v) is 4.87. The van der Waals surface area contributed by atoms with Gasteiger partial charge in [0.2, 0.25) is 0 Å². The molecule has 3 aromatic rings. The molecule has 0 aliphatic heterocycles. The third kappa shape index (κ3) is 3.22. The summed E-state index contributed by atoms with van der Waals surface area (Å²) in [5.41, 5.74) is 1.82. The van der Waals surface area contributed by atoms with Gasteiger partial charge in [-0.15, -0.1) is 18.3 Å². The van der Waals surface area contributed by atoms with E-state index in [1.165, 1.54) is 6.07 Å². The lowest BCUT2D eigenvalue weighted by molar-refractivity contribution is 0.601. The molecule has 0 aliphatic carbocycles. The molecule has 0 saturated carbocycles. The fraction of sp³-hybridized carbons (Fsp3) is 0.211. The molecule has 0 saturated heterocycles. The van der Waals surface area contributed by atoms with Gasteiger partial charge in [0.05, 0.1) is 16.6 Å². The Bertz CT molecular complexity index is 886. The van der Waals surface area contributed by atoms with Gasteiger partial charge in [0.25, 0.3) is 0 Å². The first kappa shape index (κ1) is 16.7. The fourth-order valence-electron chi connectivity index (χ4n) is 2.60. The van der Waals surface area contributed by atoms with Crippen molar-refractivity contribution in [2.75, 3.05) is 5.75 Å². The van der Waals surface area contributed by atoms with Crippen molar-refractivity contribution in [1.82, 2.24) is 9.55 Å². The van der Waals surface area contributed by atoms with Crippen LogP contribution in [-0.4, -0.2) is 15.3 Å². The van der Waals surface area contributed by atoms with E-state index < -0.39 is 11.6 Å². The summed E-state index contributed by atoms with van der Waals surface area (Å²) in [6.07, 6.45) is 2.82. The molecule has 0 atom stereocenters. The summed E-state index contributed by atoms with van der Waals surface area (Å²) in [5, 5.41) is 0. The third-order valence-electron chi connectivity index (χ3n) is 3.67. The summed E-state index contributed by atoms with van der Waals surface area (Å²) in [7, 11) is 0. The second kappa shape index (κ2) is 7.18. The predicted octanol–water partition coefficient (Wildman–Crippen LogP) is 5.67. The monoisotopic (exact) mass is 344 g/mol. The van der Waals surface area contributed by atoms with Crippen LogP contribution in [0.3, 0.4) is 0 Å². The molecule has 3 rings (SSSR count). The molecule has 0 fully saturated rings. The first-order valence-corrected chi connectivity index (χ1v) is 8.82. The fourth-order valence-corrected chi connectivity index (χ4v) is 3.40. The van der Waals surface area contributed by atoms with Crippen LogP contribution in [0, 0.1) is 11.6 Å². The number of aromatic nitrogens is 2. The molecule has 0 amide bonds. The molecule has 0 aliphatic rings. The molecule has 0 N–H and O–H groups in total. The Kier molecular flexibility index (Phi) is 5.00. The van der Waals surface area contributed by atoms with E-state index in [-0.39, 0.29) is 5.56 Å². The van der Waals surface area contributed by atoms with E-state index in [0.29, 0.717) is 12.4 Å². The molecule has 5 heteroatoms. The smallest absolute Gasteiger partial charge is 0.144 e. The molecule has 0 bridgehead atoms. The zero-order chi connectivity index (χ0) is 17.1. The van der Waals surface area contributed by atoms with Gasteiger partial charge in [-0.25, -0.2) is 13.8 Å². The largest absolute Gasteiger partial charge is 0.320 e. The minimum absolute atomic E-state index is 0.163. The number of thioether (sulfide) groups is 1. The van der Waals surface area contributed by atoms with E-state index in [0.717, 1.165) is 40.2 Å². The van der Waals surface area contributed by atoms with Crippen LogP contribution in [0.15, 0.2) is 53.9 Å². The second-order valence-electron chi connectivity index (χ2n) is 5.46. The quantitative estimate of drug-likeness (QED) is 0.423. The highest BCUT2D eigenvalue weighted by Gasteiger charge is 2.16. The standard InChI is InChI=1S/C19H18F2N2S/c1-3-9-23-18-12-14(24-10-4-2)6-8-17(18)22-19(23)15-11-13(20)5-7-16(15)21/h3,5-8,11-12H,1,4,9-10H2,2H3. The molecule has 124 valence electrons. The van der Waals surface area contributed by atoms with Gasteiger partial charge in [0.15, 0.2) is 0 Å². The molecular weight excluding hydrogens is 326 g/mol. The lowest BCUT2D eigenvalue weighted by atomic mass is 10.2. The molecular formula is C19H18F2N2S. The van der Waals surface area contributed by atoms with Gasteiger partial charge >= 0.3 is 0 Å². The van der Waals surface area contributed by atoms with Crippen molar-refractivity contribution in [2.45, 2.75) is 24.8 Å². The van der Waals surface area contributed by atoms with Crippen molar-refractivity contribution < 1.29 is 8.78 Å². The van der Waals surface area contributed by atoms with Crippen LogP contribution < -0.4 is 0 Å².